The number of halogens is 2. The van der Waals surface area contributed by atoms with Crippen molar-refractivity contribution in [3.8, 4) is 5.82 Å². The number of aromatic nitrogens is 4. The van der Waals surface area contributed by atoms with E-state index in [0.29, 0.717) is 74.3 Å². The summed E-state index contributed by atoms with van der Waals surface area (Å²) >= 11 is 0. The molecule has 1 aliphatic carbocycles. The maximum atomic E-state index is 14.1. The van der Waals surface area contributed by atoms with E-state index in [4.69, 9.17) is 14.7 Å². The number of alkyl halides is 2. The molecule has 3 fully saturated rings. The lowest BCUT2D eigenvalue weighted by Crippen LogP contribution is -2.42. The van der Waals surface area contributed by atoms with Crippen LogP contribution in [0, 0.1) is 0 Å². The molecule has 1 aromatic carbocycles. The minimum atomic E-state index is -3.34. The fraction of sp³-hybridized carbons (Fsp3) is 0.607. The highest BCUT2D eigenvalue weighted by Gasteiger charge is 2.27. The van der Waals surface area contributed by atoms with Crippen molar-refractivity contribution in [3.63, 3.8) is 0 Å². The Balaban J connectivity index is 1.18. The summed E-state index contributed by atoms with van der Waals surface area (Å²) in [6, 6.07) is 8.68. The Morgan fingerprint density at radius 2 is 1.67 bits per heavy atom. The van der Waals surface area contributed by atoms with E-state index < -0.39 is 16.4 Å². The van der Waals surface area contributed by atoms with Crippen LogP contribution in [0.25, 0.3) is 16.9 Å². The molecule has 0 atom stereocenters. The van der Waals surface area contributed by atoms with Crippen molar-refractivity contribution in [2.75, 3.05) is 61.9 Å². The van der Waals surface area contributed by atoms with Crippen molar-refractivity contribution < 1.29 is 21.9 Å². The summed E-state index contributed by atoms with van der Waals surface area (Å²) in [5.41, 5.74) is 1.01. The van der Waals surface area contributed by atoms with E-state index in [2.05, 4.69) is 19.9 Å². The van der Waals surface area contributed by atoms with Crippen LogP contribution >= 0.6 is 0 Å². The molecule has 2 aromatic heterocycles. The molecular formula is C28H38F2N8O3S. The van der Waals surface area contributed by atoms with Crippen LogP contribution in [-0.4, -0.2) is 96.6 Å². The lowest BCUT2D eigenvalue weighted by molar-refractivity contribution is 0.122. The lowest BCUT2D eigenvalue weighted by atomic mass is 9.92. The molecule has 4 heterocycles. The first-order valence-corrected chi connectivity index (χ1v) is 16.5. The number of sulfonamides is 1. The van der Waals surface area contributed by atoms with Gasteiger partial charge in [0.1, 0.15) is 11.6 Å². The minimum Gasteiger partial charge on any atom is -0.378 e. The van der Waals surface area contributed by atoms with Crippen LogP contribution in [0.15, 0.2) is 30.3 Å². The van der Waals surface area contributed by atoms with Crippen molar-refractivity contribution in [2.45, 2.75) is 57.0 Å². The van der Waals surface area contributed by atoms with Gasteiger partial charge in [-0.25, -0.2) is 26.9 Å². The Kier molecular flexibility index (Phi) is 8.84. The van der Waals surface area contributed by atoms with Crippen molar-refractivity contribution in [1.29, 1.82) is 0 Å². The number of likely N-dealkylation sites (tertiary alicyclic amines) is 1. The number of morpholine rings is 1. The van der Waals surface area contributed by atoms with Crippen LogP contribution in [0.3, 0.4) is 0 Å². The predicted molar refractivity (Wildman–Crippen MR) is 157 cm³/mol. The molecule has 2 aliphatic heterocycles. The summed E-state index contributed by atoms with van der Waals surface area (Å²) < 4.78 is 63.5. The van der Waals surface area contributed by atoms with E-state index in [1.54, 1.807) is 30.3 Å². The van der Waals surface area contributed by atoms with Crippen LogP contribution in [0.4, 0.5) is 20.5 Å². The third-order valence-electron chi connectivity index (χ3n) is 8.31. The highest BCUT2D eigenvalue weighted by atomic mass is 32.2. The maximum Gasteiger partial charge on any atom is 0.296 e. The lowest BCUT2D eigenvalue weighted by Gasteiger charge is -2.31. The van der Waals surface area contributed by atoms with E-state index in [0.717, 1.165) is 38.8 Å². The number of hydrogen-bond acceptors (Lipinski definition) is 9. The third-order valence-corrected chi connectivity index (χ3v) is 9.72. The van der Waals surface area contributed by atoms with E-state index in [-0.39, 0.29) is 23.7 Å². The zero-order chi connectivity index (χ0) is 29.1. The number of imidazole rings is 1. The first kappa shape index (κ1) is 29.1. The number of nitrogens with zero attached hydrogens (tertiary/aromatic N) is 6. The van der Waals surface area contributed by atoms with Gasteiger partial charge < -0.3 is 19.9 Å². The summed E-state index contributed by atoms with van der Waals surface area (Å²) in [6.45, 7) is 4.79. The molecule has 0 unspecified atom stereocenters. The number of nitrogens with one attached hydrogen (secondary N) is 2. The highest BCUT2D eigenvalue weighted by molar-refractivity contribution is 7.89. The van der Waals surface area contributed by atoms with Crippen molar-refractivity contribution in [1.82, 2.24) is 29.1 Å². The molecule has 2 saturated heterocycles. The molecule has 2 N–H and O–H groups in total. The standard InChI is InChI=1S/C28H38F2N8O3S/c29-26(30)27-32-22-5-1-2-6-23(22)38(27)25-19-24(33-28(34-25)37-13-16-41-17-14-37)31-20-7-9-21(10-8-20)35-42(39,40)18-15-36-11-3-4-12-36/h1-2,5-6,19-21,26,35H,3-4,7-18H2,(H,31,33,34). The number of ether oxygens (including phenoxy) is 1. The average Bonchev–Trinajstić information content (AvgIpc) is 3.66. The molecule has 42 heavy (non-hydrogen) atoms. The zero-order valence-corrected chi connectivity index (χ0v) is 24.4. The number of fused-ring (bicyclic) bond motifs is 1. The van der Waals surface area contributed by atoms with Crippen LogP contribution < -0.4 is 14.9 Å². The van der Waals surface area contributed by atoms with Gasteiger partial charge >= 0.3 is 0 Å². The zero-order valence-electron chi connectivity index (χ0n) is 23.6. The van der Waals surface area contributed by atoms with Crippen molar-refractivity contribution in [2.24, 2.45) is 0 Å². The maximum absolute atomic E-state index is 14.1. The van der Waals surface area contributed by atoms with E-state index >= 15 is 0 Å². The number of hydrogen-bond donors (Lipinski definition) is 2. The fourth-order valence-corrected chi connectivity index (χ4v) is 7.44. The van der Waals surface area contributed by atoms with Gasteiger partial charge in [0.15, 0.2) is 5.82 Å². The van der Waals surface area contributed by atoms with Gasteiger partial charge in [-0.1, -0.05) is 12.1 Å². The van der Waals surface area contributed by atoms with Crippen LogP contribution in [0.1, 0.15) is 50.8 Å². The predicted octanol–water partition coefficient (Wildman–Crippen LogP) is 3.33. The quantitative estimate of drug-likeness (QED) is 0.359. The second-order valence-electron chi connectivity index (χ2n) is 11.3. The smallest absolute Gasteiger partial charge is 0.296 e. The average molecular weight is 605 g/mol. The van der Waals surface area contributed by atoms with Crippen molar-refractivity contribution >= 4 is 32.8 Å². The number of benzene rings is 1. The Morgan fingerprint density at radius 3 is 2.40 bits per heavy atom. The number of anilines is 2. The fourth-order valence-electron chi connectivity index (χ4n) is 6.08. The van der Waals surface area contributed by atoms with Crippen LogP contribution in [-0.2, 0) is 14.8 Å². The molecule has 0 radical (unpaired) electrons. The monoisotopic (exact) mass is 604 g/mol. The first-order chi connectivity index (χ1) is 20.3. The van der Waals surface area contributed by atoms with Gasteiger partial charge in [0, 0.05) is 37.8 Å². The molecule has 0 spiro atoms. The summed E-state index contributed by atoms with van der Waals surface area (Å²) in [6.07, 6.45) is 2.40. The Labute approximate surface area is 244 Å². The van der Waals surface area contributed by atoms with Gasteiger partial charge in [-0.3, -0.25) is 4.57 Å². The van der Waals surface area contributed by atoms with Gasteiger partial charge in [-0.05, 0) is 63.7 Å². The SMILES string of the molecule is O=S(=O)(CCN1CCCC1)NC1CCC(Nc2cc(-n3c(C(F)F)nc4ccccc43)nc(N3CCOCC3)n2)CC1. The molecular weight excluding hydrogens is 566 g/mol. The number of rotatable bonds is 10. The normalized spacial score (nSPS) is 22.3. The van der Waals surface area contributed by atoms with E-state index in [1.165, 1.54) is 4.57 Å². The minimum absolute atomic E-state index is 0.0599. The molecule has 6 rings (SSSR count). The molecule has 1 saturated carbocycles. The number of para-hydroxylation sites is 2. The van der Waals surface area contributed by atoms with Crippen LogP contribution in [0.5, 0.6) is 0 Å². The molecule has 14 heteroatoms. The summed E-state index contributed by atoms with van der Waals surface area (Å²) in [4.78, 5) is 17.9. The first-order valence-electron chi connectivity index (χ1n) is 14.8. The van der Waals surface area contributed by atoms with E-state index in [1.807, 2.05) is 4.90 Å². The molecule has 228 valence electrons. The molecule has 0 amide bonds. The van der Waals surface area contributed by atoms with Gasteiger partial charge in [0.2, 0.25) is 16.0 Å². The topological polar surface area (TPSA) is 118 Å². The summed E-state index contributed by atoms with van der Waals surface area (Å²) in [5, 5.41) is 3.49. The molecule has 3 aromatic rings. The summed E-state index contributed by atoms with van der Waals surface area (Å²) in [5.74, 6) is 1.05. The second-order valence-corrected chi connectivity index (χ2v) is 13.2. The van der Waals surface area contributed by atoms with Gasteiger partial charge in [0.25, 0.3) is 6.43 Å². The van der Waals surface area contributed by atoms with E-state index in [9.17, 15) is 17.2 Å². The van der Waals surface area contributed by atoms with Gasteiger partial charge in [-0.2, -0.15) is 9.97 Å². The van der Waals surface area contributed by atoms with Crippen molar-refractivity contribution in [3.05, 3.63) is 36.2 Å². The molecule has 3 aliphatic rings. The largest absolute Gasteiger partial charge is 0.378 e. The van der Waals surface area contributed by atoms with Gasteiger partial charge in [0.05, 0.1) is 30.0 Å². The summed E-state index contributed by atoms with van der Waals surface area (Å²) in [7, 11) is -3.34. The Morgan fingerprint density at radius 1 is 0.952 bits per heavy atom. The third kappa shape index (κ3) is 6.82. The Bertz CT molecular complexity index is 1470. The van der Waals surface area contributed by atoms with Crippen LogP contribution in [0.2, 0.25) is 0 Å². The Hall–Kier alpha value is -2.94. The highest BCUT2D eigenvalue weighted by Crippen LogP contribution is 2.30. The molecule has 0 bridgehead atoms. The van der Waals surface area contributed by atoms with Gasteiger partial charge in [-0.15, -0.1) is 0 Å². The second kappa shape index (κ2) is 12.7. The molecule has 11 nitrogen and oxygen atoms in total.